The van der Waals surface area contributed by atoms with E-state index >= 15 is 0 Å². The van der Waals surface area contributed by atoms with Crippen LogP contribution in [0.3, 0.4) is 0 Å². The summed E-state index contributed by atoms with van der Waals surface area (Å²) in [6, 6.07) is 6.52. The fraction of sp³-hybridized carbons (Fsp3) is 0.308. The molecule has 6 nitrogen and oxygen atoms in total. The average molecular weight is 294 g/mol. The van der Waals surface area contributed by atoms with Gasteiger partial charge in [0.25, 0.3) is 11.1 Å². The summed E-state index contributed by atoms with van der Waals surface area (Å²) in [7, 11) is 1.31. The Morgan fingerprint density at radius 2 is 2.00 bits per heavy atom. The predicted octanol–water partition coefficient (Wildman–Crippen LogP) is 1.93. The Kier molecular flexibility index (Phi) is 4.29. The van der Waals surface area contributed by atoms with Gasteiger partial charge in [-0.2, -0.15) is 0 Å². The average Bonchev–Trinajstić information content (AvgIpc) is 2.73. The number of anilines is 1. The zero-order valence-corrected chi connectivity index (χ0v) is 11.9. The van der Waals surface area contributed by atoms with Crippen LogP contribution >= 0.6 is 11.8 Å². The van der Waals surface area contributed by atoms with E-state index in [0.717, 1.165) is 11.8 Å². The van der Waals surface area contributed by atoms with Gasteiger partial charge in [0, 0.05) is 12.2 Å². The first kappa shape index (κ1) is 14.4. The van der Waals surface area contributed by atoms with E-state index in [0.29, 0.717) is 17.8 Å². The van der Waals surface area contributed by atoms with Crippen LogP contribution in [0.1, 0.15) is 17.3 Å². The third kappa shape index (κ3) is 2.77. The van der Waals surface area contributed by atoms with Crippen LogP contribution in [0.2, 0.25) is 0 Å². The van der Waals surface area contributed by atoms with Crippen LogP contribution < -0.4 is 5.32 Å². The molecule has 1 aliphatic rings. The molecule has 1 heterocycles. The third-order valence-electron chi connectivity index (χ3n) is 2.85. The number of hydrogen-bond donors (Lipinski definition) is 1. The summed E-state index contributed by atoms with van der Waals surface area (Å²) in [4.78, 5) is 36.0. The molecule has 0 aliphatic carbocycles. The van der Waals surface area contributed by atoms with Crippen LogP contribution in [-0.2, 0) is 9.53 Å². The van der Waals surface area contributed by atoms with Crippen molar-refractivity contribution >= 4 is 34.6 Å². The van der Waals surface area contributed by atoms with E-state index in [9.17, 15) is 14.4 Å². The van der Waals surface area contributed by atoms with Crippen molar-refractivity contribution < 1.29 is 19.1 Å². The topological polar surface area (TPSA) is 75.7 Å². The molecule has 2 amide bonds. The number of amides is 2. The normalized spacial score (nSPS) is 18.3. The van der Waals surface area contributed by atoms with Crippen LogP contribution in [0.25, 0.3) is 0 Å². The Balaban J connectivity index is 2.06. The lowest BCUT2D eigenvalue weighted by Crippen LogP contribution is -2.34. The van der Waals surface area contributed by atoms with Crippen molar-refractivity contribution in [3.8, 4) is 0 Å². The molecule has 1 aromatic carbocycles. The summed E-state index contributed by atoms with van der Waals surface area (Å²) < 4.78 is 4.60. The highest BCUT2D eigenvalue weighted by atomic mass is 32.2. The number of esters is 1. The number of benzene rings is 1. The van der Waals surface area contributed by atoms with E-state index in [1.165, 1.54) is 12.0 Å². The molecule has 1 aromatic rings. The van der Waals surface area contributed by atoms with E-state index in [-0.39, 0.29) is 11.1 Å². The summed E-state index contributed by atoms with van der Waals surface area (Å²) in [5, 5.41) is 2.10. The quantitative estimate of drug-likeness (QED) is 0.855. The number of carbonyl (C=O) groups excluding carboxylic acids is 3. The van der Waals surface area contributed by atoms with Gasteiger partial charge in [-0.15, -0.1) is 0 Å². The molecule has 0 spiro atoms. The molecule has 1 aliphatic heterocycles. The maximum atomic E-state index is 11.9. The highest BCUT2D eigenvalue weighted by molar-refractivity contribution is 8.15. The molecule has 0 aromatic heterocycles. The molecule has 1 fully saturated rings. The first-order valence-corrected chi connectivity index (χ1v) is 6.91. The molecule has 20 heavy (non-hydrogen) atoms. The molecule has 7 heteroatoms. The van der Waals surface area contributed by atoms with Gasteiger partial charge in [0.15, 0.2) is 5.37 Å². The Hall–Kier alpha value is -2.02. The summed E-state index contributed by atoms with van der Waals surface area (Å²) in [5.74, 6) is -0.672. The molecule has 0 unspecified atom stereocenters. The number of thioether (sulfide) groups is 1. The monoisotopic (exact) mass is 294 g/mol. The SMILES string of the molecule is CCN1C(=O)S[C@H](Nc2ccc(C(=O)OC)cc2)C1=O. The maximum Gasteiger partial charge on any atom is 0.337 e. The van der Waals surface area contributed by atoms with Crippen molar-refractivity contribution in [3.05, 3.63) is 29.8 Å². The van der Waals surface area contributed by atoms with Crippen molar-refractivity contribution in [3.63, 3.8) is 0 Å². The standard InChI is InChI=1S/C13H14N2O4S/c1-3-15-11(16)10(20-13(15)18)14-9-6-4-8(5-7-9)12(17)19-2/h4-7,10,14H,3H2,1-2H3/t10-/m0/s1. The van der Waals surface area contributed by atoms with Crippen LogP contribution in [0.5, 0.6) is 0 Å². The fourth-order valence-electron chi connectivity index (χ4n) is 1.79. The lowest BCUT2D eigenvalue weighted by atomic mass is 10.2. The van der Waals surface area contributed by atoms with E-state index in [2.05, 4.69) is 10.1 Å². The largest absolute Gasteiger partial charge is 0.465 e. The van der Waals surface area contributed by atoms with Gasteiger partial charge in [0.1, 0.15) is 0 Å². The van der Waals surface area contributed by atoms with Crippen molar-refractivity contribution in [2.45, 2.75) is 12.3 Å². The summed E-state index contributed by atoms with van der Waals surface area (Å²) >= 11 is 0.951. The molecule has 2 rings (SSSR count). The number of rotatable bonds is 4. The third-order valence-corrected chi connectivity index (χ3v) is 3.83. The van der Waals surface area contributed by atoms with Gasteiger partial charge in [-0.05, 0) is 43.0 Å². The molecule has 0 saturated carbocycles. The minimum Gasteiger partial charge on any atom is -0.465 e. The van der Waals surface area contributed by atoms with Gasteiger partial charge < -0.3 is 10.1 Å². The molecule has 0 bridgehead atoms. The molecular weight excluding hydrogens is 280 g/mol. The summed E-state index contributed by atoms with van der Waals surface area (Å²) in [5.41, 5.74) is 1.09. The molecule has 1 N–H and O–H groups in total. The van der Waals surface area contributed by atoms with E-state index < -0.39 is 11.3 Å². The number of ether oxygens (including phenoxy) is 1. The number of nitrogens with zero attached hydrogens (tertiary/aromatic N) is 1. The number of carbonyl (C=O) groups is 3. The van der Waals surface area contributed by atoms with Gasteiger partial charge in [-0.25, -0.2) is 4.79 Å². The van der Waals surface area contributed by atoms with Gasteiger partial charge in [0.05, 0.1) is 12.7 Å². The number of nitrogens with one attached hydrogen (secondary N) is 1. The smallest absolute Gasteiger partial charge is 0.337 e. The summed E-state index contributed by atoms with van der Waals surface area (Å²) in [6.07, 6.45) is 0. The maximum absolute atomic E-state index is 11.9. The van der Waals surface area contributed by atoms with Crippen LogP contribution in [0.4, 0.5) is 10.5 Å². The van der Waals surface area contributed by atoms with Crippen molar-refractivity contribution in [2.24, 2.45) is 0 Å². The molecule has 1 saturated heterocycles. The first-order valence-electron chi connectivity index (χ1n) is 6.03. The summed E-state index contributed by atoms with van der Waals surface area (Å²) in [6.45, 7) is 2.12. The van der Waals surface area contributed by atoms with Crippen LogP contribution in [0, 0.1) is 0 Å². The molecular formula is C13H14N2O4S. The fourth-order valence-corrected chi connectivity index (χ4v) is 2.77. The zero-order valence-electron chi connectivity index (χ0n) is 11.1. The van der Waals surface area contributed by atoms with Crippen LogP contribution in [0.15, 0.2) is 24.3 Å². The Morgan fingerprint density at radius 1 is 1.35 bits per heavy atom. The van der Waals surface area contributed by atoms with Gasteiger partial charge in [-0.1, -0.05) is 0 Å². The highest BCUT2D eigenvalue weighted by Crippen LogP contribution is 2.27. The second-order valence-corrected chi connectivity index (χ2v) is 5.12. The Bertz CT molecular complexity index is 544. The van der Waals surface area contributed by atoms with Gasteiger partial charge >= 0.3 is 5.97 Å². The Labute approximate surface area is 120 Å². The van der Waals surface area contributed by atoms with Crippen molar-refractivity contribution in [2.75, 3.05) is 19.0 Å². The van der Waals surface area contributed by atoms with Crippen molar-refractivity contribution in [1.29, 1.82) is 0 Å². The minimum absolute atomic E-state index is 0.249. The number of methoxy groups -OCH3 is 1. The van der Waals surface area contributed by atoms with Gasteiger partial charge in [-0.3, -0.25) is 14.5 Å². The second-order valence-electron chi connectivity index (χ2n) is 4.06. The molecule has 1 atom stereocenters. The zero-order chi connectivity index (χ0) is 14.7. The van der Waals surface area contributed by atoms with E-state index in [1.54, 1.807) is 31.2 Å². The predicted molar refractivity (Wildman–Crippen MR) is 75.6 cm³/mol. The van der Waals surface area contributed by atoms with E-state index in [4.69, 9.17) is 0 Å². The Morgan fingerprint density at radius 3 is 2.50 bits per heavy atom. The first-order chi connectivity index (χ1) is 9.56. The van der Waals surface area contributed by atoms with Crippen LogP contribution in [-0.4, -0.2) is 41.0 Å². The number of hydrogen-bond acceptors (Lipinski definition) is 6. The minimum atomic E-state index is -0.619. The molecule has 106 valence electrons. The van der Waals surface area contributed by atoms with Crippen molar-refractivity contribution in [1.82, 2.24) is 4.90 Å². The number of likely N-dealkylation sites (N-methyl/N-ethyl adjacent to an activating group) is 1. The van der Waals surface area contributed by atoms with E-state index in [1.807, 2.05) is 0 Å². The number of imide groups is 1. The lowest BCUT2D eigenvalue weighted by molar-refractivity contribution is -0.126. The lowest BCUT2D eigenvalue weighted by Gasteiger charge is -2.13. The van der Waals surface area contributed by atoms with Gasteiger partial charge in [0.2, 0.25) is 0 Å². The highest BCUT2D eigenvalue weighted by Gasteiger charge is 2.38. The molecule has 0 radical (unpaired) electrons. The second kappa shape index (κ2) is 5.96.